The van der Waals surface area contributed by atoms with E-state index in [1.165, 1.54) is 0 Å². The fraction of sp³-hybridized carbons (Fsp3) is 0.571. The normalized spacial score (nSPS) is 19.9. The molecule has 2 rings (SSSR count). The van der Waals surface area contributed by atoms with Gasteiger partial charge in [-0.15, -0.1) is 0 Å². The lowest BCUT2D eigenvalue weighted by molar-refractivity contribution is -0.119. The number of nitrogens with one attached hydrogen (secondary N) is 1. The van der Waals surface area contributed by atoms with Crippen LogP contribution >= 0.6 is 0 Å². The third-order valence-electron chi connectivity index (χ3n) is 4.08. The summed E-state index contributed by atoms with van der Waals surface area (Å²) < 4.78 is 12.0. The molecule has 0 atom stereocenters. The van der Waals surface area contributed by atoms with Gasteiger partial charge < -0.3 is 14.6 Å². The number of carbonyl (C=O) groups excluding carboxylic acids is 1. The molecule has 20 heavy (non-hydrogen) atoms. The Morgan fingerprint density at radius 3 is 2.45 bits per heavy atom. The van der Waals surface area contributed by atoms with Crippen LogP contribution in [0.2, 0.25) is 0 Å². The summed E-state index contributed by atoms with van der Waals surface area (Å²) in [7, 11) is 1.15. The maximum Gasteiger partial charge on any atom is 0.495 e. The largest absolute Gasteiger partial charge is 0.495 e. The first-order valence-electron chi connectivity index (χ1n) is 6.76. The first-order valence-corrected chi connectivity index (χ1v) is 6.76. The molecule has 0 spiro atoms. The van der Waals surface area contributed by atoms with Gasteiger partial charge in [-0.25, -0.2) is 0 Å². The summed E-state index contributed by atoms with van der Waals surface area (Å²) in [6.07, 6.45) is 3.65. The lowest BCUT2D eigenvalue weighted by Gasteiger charge is -2.32. The van der Waals surface area contributed by atoms with Crippen molar-refractivity contribution < 1.29 is 14.1 Å². The fourth-order valence-corrected chi connectivity index (χ4v) is 2.05. The smallest absolute Gasteiger partial charge is 0.399 e. The number of aromatic nitrogens is 1. The molecule has 2 heterocycles. The third-order valence-corrected chi connectivity index (χ3v) is 4.08. The molecule has 1 amide bonds. The van der Waals surface area contributed by atoms with Crippen LogP contribution in [-0.2, 0) is 20.5 Å². The second-order valence-corrected chi connectivity index (χ2v) is 6.01. The van der Waals surface area contributed by atoms with E-state index in [4.69, 9.17) is 9.31 Å². The molecule has 1 fully saturated rings. The molecule has 6 heteroatoms. The van der Waals surface area contributed by atoms with Crippen LogP contribution in [0.15, 0.2) is 18.5 Å². The predicted molar refractivity (Wildman–Crippen MR) is 77.7 cm³/mol. The average Bonchev–Trinajstić information content (AvgIpc) is 2.59. The van der Waals surface area contributed by atoms with E-state index in [0.29, 0.717) is 0 Å². The van der Waals surface area contributed by atoms with E-state index in [0.717, 1.165) is 11.0 Å². The molecule has 1 aliphatic heterocycles. The van der Waals surface area contributed by atoms with E-state index in [2.05, 4.69) is 10.3 Å². The van der Waals surface area contributed by atoms with Crippen LogP contribution in [0, 0.1) is 0 Å². The summed E-state index contributed by atoms with van der Waals surface area (Å²) in [5, 5.41) is 2.62. The Bertz CT molecular complexity index is 501. The zero-order valence-electron chi connectivity index (χ0n) is 12.7. The average molecular weight is 276 g/mol. The maximum atomic E-state index is 11.6. The molecular formula is C14H21BN2O3. The highest BCUT2D eigenvalue weighted by Gasteiger charge is 2.52. The molecule has 1 saturated heterocycles. The summed E-state index contributed by atoms with van der Waals surface area (Å²) in [6.45, 7) is 8.03. The molecule has 1 N–H and O–H groups in total. The molecule has 5 nitrogen and oxygen atoms in total. The van der Waals surface area contributed by atoms with Crippen molar-refractivity contribution in [1.82, 2.24) is 10.3 Å². The molecular weight excluding hydrogens is 255 g/mol. The van der Waals surface area contributed by atoms with E-state index in [1.54, 1.807) is 19.4 Å². The zero-order valence-corrected chi connectivity index (χ0v) is 12.7. The number of pyridine rings is 1. The van der Waals surface area contributed by atoms with Gasteiger partial charge in [0.2, 0.25) is 5.91 Å². The SMILES string of the molecule is CNC(=O)Cc1cnccc1B1OC(C)(C)C(C)(C)O1. The summed E-state index contributed by atoms with van der Waals surface area (Å²) in [5.41, 5.74) is 0.892. The van der Waals surface area contributed by atoms with E-state index in [-0.39, 0.29) is 12.3 Å². The molecule has 0 aromatic carbocycles. The van der Waals surface area contributed by atoms with Gasteiger partial charge in [-0.3, -0.25) is 9.78 Å². The van der Waals surface area contributed by atoms with Crippen LogP contribution in [0.3, 0.4) is 0 Å². The minimum atomic E-state index is -0.470. The fourth-order valence-electron chi connectivity index (χ4n) is 2.05. The Balaban J connectivity index is 2.28. The van der Waals surface area contributed by atoms with Gasteiger partial charge in [-0.05, 0) is 44.8 Å². The number of hydrogen-bond acceptors (Lipinski definition) is 4. The highest BCUT2D eigenvalue weighted by atomic mass is 16.7. The molecule has 0 radical (unpaired) electrons. The van der Waals surface area contributed by atoms with E-state index in [1.807, 2.05) is 33.8 Å². The third kappa shape index (κ3) is 2.71. The molecule has 108 valence electrons. The Hall–Kier alpha value is -1.40. The van der Waals surface area contributed by atoms with Crippen molar-refractivity contribution in [3.63, 3.8) is 0 Å². The van der Waals surface area contributed by atoms with E-state index < -0.39 is 18.3 Å². The van der Waals surface area contributed by atoms with Crippen molar-refractivity contribution in [3.8, 4) is 0 Å². The van der Waals surface area contributed by atoms with Crippen LogP contribution in [0.1, 0.15) is 33.3 Å². The van der Waals surface area contributed by atoms with Gasteiger partial charge in [0.1, 0.15) is 0 Å². The summed E-state index contributed by atoms with van der Waals surface area (Å²) in [5.74, 6) is -0.0595. The van der Waals surface area contributed by atoms with Crippen molar-refractivity contribution in [3.05, 3.63) is 24.0 Å². The Morgan fingerprint density at radius 1 is 1.30 bits per heavy atom. The summed E-state index contributed by atoms with van der Waals surface area (Å²) in [6, 6.07) is 1.85. The Kier molecular flexibility index (Phi) is 3.89. The van der Waals surface area contributed by atoms with Gasteiger partial charge in [0.25, 0.3) is 0 Å². The number of hydrogen-bond donors (Lipinski definition) is 1. The molecule has 1 aliphatic rings. The number of rotatable bonds is 3. The lowest BCUT2D eigenvalue weighted by atomic mass is 9.76. The van der Waals surface area contributed by atoms with Crippen LogP contribution < -0.4 is 10.8 Å². The van der Waals surface area contributed by atoms with Gasteiger partial charge in [0.05, 0.1) is 17.6 Å². The number of carbonyl (C=O) groups is 1. The predicted octanol–water partition coefficient (Wildman–Crippen LogP) is 0.669. The van der Waals surface area contributed by atoms with Crippen molar-refractivity contribution in [2.75, 3.05) is 7.05 Å². The number of nitrogens with zero attached hydrogens (tertiary/aromatic N) is 1. The van der Waals surface area contributed by atoms with Gasteiger partial charge in [0.15, 0.2) is 0 Å². The highest BCUT2D eigenvalue weighted by molar-refractivity contribution is 6.62. The minimum Gasteiger partial charge on any atom is -0.399 e. The van der Waals surface area contributed by atoms with E-state index in [9.17, 15) is 4.79 Å². The minimum absolute atomic E-state index is 0.0595. The number of amides is 1. The van der Waals surface area contributed by atoms with Crippen LogP contribution in [-0.4, -0.2) is 36.3 Å². The van der Waals surface area contributed by atoms with Crippen LogP contribution in [0.25, 0.3) is 0 Å². The summed E-state index contributed by atoms with van der Waals surface area (Å²) in [4.78, 5) is 15.7. The second-order valence-electron chi connectivity index (χ2n) is 6.01. The van der Waals surface area contributed by atoms with Crippen LogP contribution in [0.4, 0.5) is 0 Å². The molecule has 1 aromatic rings. The van der Waals surface area contributed by atoms with Crippen molar-refractivity contribution in [2.45, 2.75) is 45.3 Å². The van der Waals surface area contributed by atoms with Gasteiger partial charge in [-0.2, -0.15) is 0 Å². The quantitative estimate of drug-likeness (QED) is 0.824. The summed E-state index contributed by atoms with van der Waals surface area (Å²) >= 11 is 0. The van der Waals surface area contributed by atoms with Gasteiger partial charge >= 0.3 is 7.12 Å². The first-order chi connectivity index (χ1) is 9.27. The highest BCUT2D eigenvalue weighted by Crippen LogP contribution is 2.36. The van der Waals surface area contributed by atoms with E-state index >= 15 is 0 Å². The topological polar surface area (TPSA) is 60.5 Å². The molecule has 0 unspecified atom stereocenters. The molecule has 0 saturated carbocycles. The Morgan fingerprint density at radius 2 is 1.90 bits per heavy atom. The molecule has 0 bridgehead atoms. The Labute approximate surface area is 120 Å². The molecule has 1 aromatic heterocycles. The van der Waals surface area contributed by atoms with Crippen molar-refractivity contribution in [2.24, 2.45) is 0 Å². The van der Waals surface area contributed by atoms with Crippen LogP contribution in [0.5, 0.6) is 0 Å². The van der Waals surface area contributed by atoms with Crippen molar-refractivity contribution in [1.29, 1.82) is 0 Å². The van der Waals surface area contributed by atoms with Crippen molar-refractivity contribution >= 4 is 18.5 Å². The zero-order chi connectivity index (χ0) is 15.0. The van der Waals surface area contributed by atoms with Gasteiger partial charge in [-0.1, -0.05) is 0 Å². The standard InChI is InChI=1S/C14H21BN2O3/c1-13(2)14(3,4)20-15(19-13)11-6-7-17-9-10(11)8-12(18)16-5/h6-7,9H,8H2,1-5H3,(H,16,18). The van der Waals surface area contributed by atoms with Gasteiger partial charge in [0, 0.05) is 19.4 Å². The first kappa shape index (κ1) is 15.0. The number of likely N-dealkylation sites (N-methyl/N-ethyl adjacent to an activating group) is 1. The lowest BCUT2D eigenvalue weighted by Crippen LogP contribution is -2.41. The second kappa shape index (κ2) is 5.18. The monoisotopic (exact) mass is 276 g/mol. The molecule has 0 aliphatic carbocycles. The maximum absolute atomic E-state index is 11.6.